The van der Waals surface area contributed by atoms with Crippen LogP contribution in [0.1, 0.15) is 11.6 Å². The Morgan fingerprint density at radius 3 is 2.87 bits per heavy atom. The predicted octanol–water partition coefficient (Wildman–Crippen LogP) is 1.13. The lowest BCUT2D eigenvalue weighted by Crippen LogP contribution is -2.19. The molecule has 4 heteroatoms. The summed E-state index contributed by atoms with van der Waals surface area (Å²) in [7, 11) is 1.75. The number of hydrogen-bond acceptors (Lipinski definition) is 3. The van der Waals surface area contributed by atoms with E-state index < -0.39 is 0 Å². The van der Waals surface area contributed by atoms with Crippen LogP contribution in [0.3, 0.4) is 0 Å². The summed E-state index contributed by atoms with van der Waals surface area (Å²) in [6, 6.07) is 5.29. The van der Waals surface area contributed by atoms with Crippen LogP contribution >= 0.6 is 0 Å². The Bertz CT molecular complexity index is 461. The molecule has 0 saturated heterocycles. The minimum atomic E-state index is -0.232. The van der Waals surface area contributed by atoms with Gasteiger partial charge in [-0.1, -0.05) is 6.07 Å². The first kappa shape index (κ1) is 10.0. The lowest BCUT2D eigenvalue weighted by atomic mass is 10.0. The van der Waals surface area contributed by atoms with Gasteiger partial charge in [-0.15, -0.1) is 0 Å². The molecule has 0 bridgehead atoms. The average Bonchev–Trinajstić information content (AvgIpc) is 2.71. The molecule has 0 aliphatic heterocycles. The van der Waals surface area contributed by atoms with Crippen LogP contribution in [0.15, 0.2) is 24.4 Å². The van der Waals surface area contributed by atoms with Gasteiger partial charge in [-0.2, -0.15) is 0 Å². The number of fused-ring (bicyclic) bond motifs is 1. The topological polar surface area (TPSA) is 68.3 Å². The van der Waals surface area contributed by atoms with Crippen LogP contribution in [0.2, 0.25) is 0 Å². The molecule has 0 aliphatic rings. The van der Waals surface area contributed by atoms with Crippen LogP contribution in [0, 0.1) is 0 Å². The molecule has 15 heavy (non-hydrogen) atoms. The lowest BCUT2D eigenvalue weighted by Gasteiger charge is -2.15. The Balaban J connectivity index is 2.56. The SMILES string of the molecule is CN[C@H](CO)c1ccc2[nH]ccc2c1O. The highest BCUT2D eigenvalue weighted by molar-refractivity contribution is 5.87. The quantitative estimate of drug-likeness (QED) is 0.608. The minimum Gasteiger partial charge on any atom is -0.507 e. The van der Waals surface area contributed by atoms with E-state index in [-0.39, 0.29) is 18.4 Å². The molecule has 0 aliphatic carbocycles. The van der Waals surface area contributed by atoms with Crippen molar-refractivity contribution in [1.82, 2.24) is 10.3 Å². The number of aromatic nitrogens is 1. The van der Waals surface area contributed by atoms with E-state index in [0.29, 0.717) is 5.56 Å². The fraction of sp³-hybridized carbons (Fsp3) is 0.273. The fourth-order valence-electron chi connectivity index (χ4n) is 1.76. The van der Waals surface area contributed by atoms with Crippen molar-refractivity contribution in [2.24, 2.45) is 0 Å². The van der Waals surface area contributed by atoms with Crippen LogP contribution in [-0.2, 0) is 0 Å². The lowest BCUT2D eigenvalue weighted by molar-refractivity contribution is 0.248. The second-order valence-corrected chi connectivity index (χ2v) is 3.47. The molecule has 0 saturated carbocycles. The highest BCUT2D eigenvalue weighted by atomic mass is 16.3. The van der Waals surface area contributed by atoms with E-state index in [1.54, 1.807) is 13.2 Å². The van der Waals surface area contributed by atoms with Crippen LogP contribution in [0.25, 0.3) is 10.9 Å². The molecule has 0 amide bonds. The molecule has 2 rings (SSSR count). The largest absolute Gasteiger partial charge is 0.507 e. The van der Waals surface area contributed by atoms with E-state index in [9.17, 15) is 5.11 Å². The Morgan fingerprint density at radius 1 is 1.40 bits per heavy atom. The summed E-state index contributed by atoms with van der Waals surface area (Å²) in [6.07, 6.45) is 1.78. The van der Waals surface area contributed by atoms with Gasteiger partial charge in [0.2, 0.25) is 0 Å². The van der Waals surface area contributed by atoms with Crippen LogP contribution in [0.4, 0.5) is 0 Å². The molecule has 0 radical (unpaired) electrons. The summed E-state index contributed by atoms with van der Waals surface area (Å²) in [5, 5.41) is 22.9. The maximum atomic E-state index is 10.00. The van der Waals surface area contributed by atoms with Crippen molar-refractivity contribution < 1.29 is 10.2 Å². The zero-order valence-corrected chi connectivity index (χ0v) is 8.49. The number of aromatic hydroxyl groups is 1. The molecule has 1 heterocycles. The maximum Gasteiger partial charge on any atom is 0.129 e. The Morgan fingerprint density at radius 2 is 2.20 bits per heavy atom. The van der Waals surface area contributed by atoms with Gasteiger partial charge < -0.3 is 20.5 Å². The third kappa shape index (κ3) is 1.58. The number of benzene rings is 1. The Kier molecular flexibility index (Phi) is 2.62. The first-order valence-electron chi connectivity index (χ1n) is 4.85. The number of aromatic amines is 1. The first-order valence-corrected chi connectivity index (χ1v) is 4.85. The average molecular weight is 206 g/mol. The molecule has 1 aromatic heterocycles. The molecule has 0 fully saturated rings. The zero-order valence-electron chi connectivity index (χ0n) is 8.49. The van der Waals surface area contributed by atoms with Crippen molar-refractivity contribution in [3.05, 3.63) is 30.0 Å². The number of aliphatic hydroxyl groups is 1. The molecular formula is C11H14N2O2. The molecule has 0 spiro atoms. The second kappa shape index (κ2) is 3.92. The van der Waals surface area contributed by atoms with E-state index in [0.717, 1.165) is 10.9 Å². The molecule has 2 aromatic rings. The number of phenols is 1. The van der Waals surface area contributed by atoms with Gasteiger partial charge in [0.25, 0.3) is 0 Å². The van der Waals surface area contributed by atoms with Crippen molar-refractivity contribution in [3.8, 4) is 5.75 Å². The van der Waals surface area contributed by atoms with Crippen molar-refractivity contribution in [3.63, 3.8) is 0 Å². The smallest absolute Gasteiger partial charge is 0.129 e. The van der Waals surface area contributed by atoms with Gasteiger partial charge in [-0.3, -0.25) is 0 Å². The Labute approximate surface area is 87.6 Å². The van der Waals surface area contributed by atoms with Crippen molar-refractivity contribution in [2.45, 2.75) is 6.04 Å². The van der Waals surface area contributed by atoms with Crippen LogP contribution in [-0.4, -0.2) is 28.9 Å². The molecule has 4 nitrogen and oxygen atoms in total. The van der Waals surface area contributed by atoms with Gasteiger partial charge in [0.1, 0.15) is 5.75 Å². The van der Waals surface area contributed by atoms with Gasteiger partial charge in [0.05, 0.1) is 12.6 Å². The summed E-state index contributed by atoms with van der Waals surface area (Å²) in [6.45, 7) is -0.0417. The number of rotatable bonds is 3. The third-order valence-corrected chi connectivity index (χ3v) is 2.64. The summed E-state index contributed by atoms with van der Waals surface area (Å²) >= 11 is 0. The predicted molar refractivity (Wildman–Crippen MR) is 58.9 cm³/mol. The zero-order chi connectivity index (χ0) is 10.8. The second-order valence-electron chi connectivity index (χ2n) is 3.47. The Hall–Kier alpha value is -1.52. The maximum absolute atomic E-state index is 10.00. The molecular weight excluding hydrogens is 192 g/mol. The first-order chi connectivity index (χ1) is 7.27. The van der Waals surface area contributed by atoms with Crippen molar-refractivity contribution >= 4 is 10.9 Å². The molecule has 4 N–H and O–H groups in total. The van der Waals surface area contributed by atoms with Gasteiger partial charge in [-0.05, 0) is 19.2 Å². The molecule has 1 atom stereocenters. The highest BCUT2D eigenvalue weighted by Crippen LogP contribution is 2.31. The highest BCUT2D eigenvalue weighted by Gasteiger charge is 2.14. The summed E-state index contributed by atoms with van der Waals surface area (Å²) in [5.74, 6) is 0.224. The molecule has 80 valence electrons. The van der Waals surface area contributed by atoms with Gasteiger partial charge in [-0.25, -0.2) is 0 Å². The van der Waals surface area contributed by atoms with Crippen molar-refractivity contribution in [1.29, 1.82) is 0 Å². The summed E-state index contributed by atoms with van der Waals surface area (Å²) < 4.78 is 0. The molecule has 0 unspecified atom stereocenters. The number of phenolic OH excluding ortho intramolecular Hbond substituents is 1. The summed E-state index contributed by atoms with van der Waals surface area (Å²) in [4.78, 5) is 3.02. The summed E-state index contributed by atoms with van der Waals surface area (Å²) in [5.41, 5.74) is 1.61. The monoisotopic (exact) mass is 206 g/mol. The fourth-order valence-corrected chi connectivity index (χ4v) is 1.76. The standard InChI is InChI=1S/C11H14N2O2/c1-12-10(6-14)7-2-3-9-8(11(7)15)4-5-13-9/h2-5,10,12-15H,6H2,1H3/t10-/m1/s1. The van der Waals surface area contributed by atoms with E-state index in [1.807, 2.05) is 18.2 Å². The normalized spacial score (nSPS) is 13.2. The van der Waals surface area contributed by atoms with Gasteiger partial charge in [0, 0.05) is 22.7 Å². The van der Waals surface area contributed by atoms with E-state index >= 15 is 0 Å². The third-order valence-electron chi connectivity index (χ3n) is 2.64. The minimum absolute atomic E-state index is 0.0417. The van der Waals surface area contributed by atoms with E-state index in [2.05, 4.69) is 10.3 Å². The van der Waals surface area contributed by atoms with Crippen LogP contribution in [0.5, 0.6) is 5.75 Å². The number of hydrogen-bond donors (Lipinski definition) is 4. The number of likely N-dealkylation sites (N-methyl/N-ethyl adjacent to an activating group) is 1. The number of nitrogens with one attached hydrogen (secondary N) is 2. The molecule has 1 aromatic carbocycles. The van der Waals surface area contributed by atoms with Gasteiger partial charge in [0.15, 0.2) is 0 Å². The van der Waals surface area contributed by atoms with E-state index in [1.165, 1.54) is 0 Å². The van der Waals surface area contributed by atoms with Gasteiger partial charge >= 0.3 is 0 Å². The van der Waals surface area contributed by atoms with E-state index in [4.69, 9.17) is 5.11 Å². The number of H-pyrrole nitrogens is 1. The van der Waals surface area contributed by atoms with Crippen molar-refractivity contribution in [2.75, 3.05) is 13.7 Å². The number of aliphatic hydroxyl groups excluding tert-OH is 1. The van der Waals surface area contributed by atoms with Crippen LogP contribution < -0.4 is 5.32 Å².